The molecular formula is C14H20BrNO2. The van der Waals surface area contributed by atoms with Gasteiger partial charge in [-0.2, -0.15) is 0 Å². The molecule has 0 aliphatic carbocycles. The van der Waals surface area contributed by atoms with Crippen molar-refractivity contribution in [2.45, 2.75) is 25.4 Å². The van der Waals surface area contributed by atoms with Gasteiger partial charge in [-0.05, 0) is 44.5 Å². The minimum atomic E-state index is -0.872. The number of rotatable bonds is 3. The molecule has 2 atom stereocenters. The maximum atomic E-state index is 10.9. The Labute approximate surface area is 117 Å². The van der Waals surface area contributed by atoms with E-state index >= 15 is 0 Å². The summed E-state index contributed by atoms with van der Waals surface area (Å²) in [6, 6.07) is 5.77. The Hall–Kier alpha value is -0.580. The molecule has 1 fully saturated rings. The van der Waals surface area contributed by atoms with E-state index in [0.29, 0.717) is 0 Å². The zero-order chi connectivity index (χ0) is 13.2. The van der Waals surface area contributed by atoms with Gasteiger partial charge in [-0.25, -0.2) is 0 Å². The van der Waals surface area contributed by atoms with Crippen molar-refractivity contribution in [3.05, 3.63) is 28.2 Å². The summed E-state index contributed by atoms with van der Waals surface area (Å²) < 4.78 is 6.34. The number of nitrogens with one attached hydrogen (secondary N) is 1. The summed E-state index contributed by atoms with van der Waals surface area (Å²) in [5.41, 5.74) is -0.0178. The van der Waals surface area contributed by atoms with Crippen molar-refractivity contribution in [3.8, 4) is 5.75 Å². The Morgan fingerprint density at radius 1 is 1.50 bits per heavy atom. The summed E-state index contributed by atoms with van der Waals surface area (Å²) in [4.78, 5) is 0. The molecule has 3 nitrogen and oxygen atoms in total. The lowest BCUT2D eigenvalue weighted by atomic mass is 9.78. The Morgan fingerprint density at radius 2 is 2.28 bits per heavy atom. The molecule has 0 amide bonds. The molecule has 2 rings (SSSR count). The molecular weight excluding hydrogens is 294 g/mol. The zero-order valence-corrected chi connectivity index (χ0v) is 12.5. The normalized spacial score (nSPS) is 23.4. The van der Waals surface area contributed by atoms with E-state index in [4.69, 9.17) is 4.74 Å². The van der Waals surface area contributed by atoms with Gasteiger partial charge in [0.15, 0.2) is 0 Å². The van der Waals surface area contributed by atoms with Crippen LogP contribution in [0.3, 0.4) is 0 Å². The van der Waals surface area contributed by atoms with Crippen molar-refractivity contribution in [2.24, 2.45) is 5.92 Å². The number of benzene rings is 1. The van der Waals surface area contributed by atoms with Gasteiger partial charge in [0, 0.05) is 22.5 Å². The SMILES string of the molecule is COc1ccc(Br)cc1C(C)(O)C1CCCNC1. The number of aliphatic hydroxyl groups is 1. The summed E-state index contributed by atoms with van der Waals surface area (Å²) in [5, 5.41) is 14.3. The number of ether oxygens (including phenoxy) is 1. The molecule has 0 spiro atoms. The first-order valence-corrected chi connectivity index (χ1v) is 7.12. The van der Waals surface area contributed by atoms with Crippen LogP contribution in [-0.2, 0) is 5.60 Å². The van der Waals surface area contributed by atoms with Crippen LogP contribution in [-0.4, -0.2) is 25.3 Å². The molecule has 1 aromatic rings. The van der Waals surface area contributed by atoms with E-state index < -0.39 is 5.60 Å². The van der Waals surface area contributed by atoms with Crippen LogP contribution in [0.2, 0.25) is 0 Å². The smallest absolute Gasteiger partial charge is 0.125 e. The standard InChI is InChI=1S/C14H20BrNO2/c1-14(17,10-4-3-7-16-9-10)12-8-11(15)5-6-13(12)18-2/h5-6,8,10,16-17H,3-4,7,9H2,1-2H3. The van der Waals surface area contributed by atoms with Gasteiger partial charge in [0.2, 0.25) is 0 Å². The van der Waals surface area contributed by atoms with Crippen LogP contribution in [0, 0.1) is 5.92 Å². The van der Waals surface area contributed by atoms with Gasteiger partial charge in [0.25, 0.3) is 0 Å². The second-order valence-electron chi connectivity index (χ2n) is 5.04. The summed E-state index contributed by atoms with van der Waals surface area (Å²) >= 11 is 3.46. The Bertz CT molecular complexity index is 414. The van der Waals surface area contributed by atoms with E-state index in [2.05, 4.69) is 21.2 Å². The average Bonchev–Trinajstić information content (AvgIpc) is 2.39. The van der Waals surface area contributed by atoms with Gasteiger partial charge in [-0.1, -0.05) is 15.9 Å². The van der Waals surface area contributed by atoms with Crippen molar-refractivity contribution >= 4 is 15.9 Å². The summed E-state index contributed by atoms with van der Waals surface area (Å²) in [5.74, 6) is 0.961. The highest BCUT2D eigenvalue weighted by molar-refractivity contribution is 9.10. The molecule has 0 aromatic heterocycles. The third-order valence-corrected chi connectivity index (χ3v) is 4.29. The lowest BCUT2D eigenvalue weighted by molar-refractivity contribution is -0.0174. The predicted molar refractivity (Wildman–Crippen MR) is 75.9 cm³/mol. The van der Waals surface area contributed by atoms with Crippen molar-refractivity contribution in [2.75, 3.05) is 20.2 Å². The van der Waals surface area contributed by atoms with Crippen molar-refractivity contribution in [1.82, 2.24) is 5.32 Å². The number of halogens is 1. The largest absolute Gasteiger partial charge is 0.496 e. The van der Waals surface area contributed by atoms with Crippen LogP contribution in [0.25, 0.3) is 0 Å². The summed E-state index contributed by atoms with van der Waals surface area (Å²) in [6.45, 7) is 3.78. The molecule has 0 saturated carbocycles. The first-order valence-electron chi connectivity index (χ1n) is 6.33. The van der Waals surface area contributed by atoms with E-state index in [1.54, 1.807) is 7.11 Å². The first kappa shape index (κ1) is 13.8. The van der Waals surface area contributed by atoms with E-state index in [0.717, 1.165) is 41.7 Å². The quantitative estimate of drug-likeness (QED) is 0.901. The van der Waals surface area contributed by atoms with Gasteiger partial charge in [-0.15, -0.1) is 0 Å². The third kappa shape index (κ3) is 2.71. The minimum Gasteiger partial charge on any atom is -0.496 e. The van der Waals surface area contributed by atoms with Crippen LogP contribution in [0.5, 0.6) is 5.75 Å². The monoisotopic (exact) mass is 313 g/mol. The lowest BCUT2D eigenvalue weighted by Crippen LogP contribution is -2.42. The zero-order valence-electron chi connectivity index (χ0n) is 10.9. The molecule has 1 aliphatic rings. The van der Waals surface area contributed by atoms with E-state index in [1.165, 1.54) is 0 Å². The third-order valence-electron chi connectivity index (χ3n) is 3.80. The first-order chi connectivity index (χ1) is 8.55. The maximum absolute atomic E-state index is 10.9. The molecule has 4 heteroatoms. The van der Waals surface area contributed by atoms with Gasteiger partial charge in [0.1, 0.15) is 5.75 Å². The predicted octanol–water partition coefficient (Wildman–Crippen LogP) is 2.66. The number of hydrogen-bond donors (Lipinski definition) is 2. The Morgan fingerprint density at radius 3 is 2.89 bits per heavy atom. The molecule has 1 aromatic carbocycles. The van der Waals surface area contributed by atoms with Crippen LogP contribution < -0.4 is 10.1 Å². The molecule has 2 N–H and O–H groups in total. The highest BCUT2D eigenvalue weighted by Crippen LogP contribution is 2.39. The van der Waals surface area contributed by atoms with Gasteiger partial charge in [-0.3, -0.25) is 0 Å². The minimum absolute atomic E-state index is 0.217. The van der Waals surface area contributed by atoms with Crippen LogP contribution >= 0.6 is 15.9 Å². The van der Waals surface area contributed by atoms with Gasteiger partial charge < -0.3 is 15.2 Å². The second kappa shape index (κ2) is 5.59. The molecule has 1 saturated heterocycles. The molecule has 1 heterocycles. The van der Waals surface area contributed by atoms with Crippen molar-refractivity contribution in [3.63, 3.8) is 0 Å². The molecule has 0 bridgehead atoms. The van der Waals surface area contributed by atoms with Crippen LogP contribution in [0.15, 0.2) is 22.7 Å². The summed E-state index contributed by atoms with van der Waals surface area (Å²) in [7, 11) is 1.64. The van der Waals surface area contributed by atoms with Gasteiger partial charge in [0.05, 0.1) is 12.7 Å². The Kier molecular flexibility index (Phi) is 4.30. The van der Waals surface area contributed by atoms with E-state index in [-0.39, 0.29) is 5.92 Å². The molecule has 2 unspecified atom stereocenters. The van der Waals surface area contributed by atoms with Crippen molar-refractivity contribution in [1.29, 1.82) is 0 Å². The maximum Gasteiger partial charge on any atom is 0.125 e. The fraction of sp³-hybridized carbons (Fsp3) is 0.571. The molecule has 100 valence electrons. The van der Waals surface area contributed by atoms with E-state index in [1.807, 2.05) is 25.1 Å². The average molecular weight is 314 g/mol. The fourth-order valence-electron chi connectivity index (χ4n) is 2.63. The summed E-state index contributed by atoms with van der Waals surface area (Å²) in [6.07, 6.45) is 2.15. The Balaban J connectivity index is 2.35. The van der Waals surface area contributed by atoms with Gasteiger partial charge >= 0.3 is 0 Å². The second-order valence-corrected chi connectivity index (χ2v) is 5.95. The van der Waals surface area contributed by atoms with E-state index in [9.17, 15) is 5.11 Å². The highest BCUT2D eigenvalue weighted by atomic mass is 79.9. The van der Waals surface area contributed by atoms with Crippen LogP contribution in [0.1, 0.15) is 25.3 Å². The number of piperidine rings is 1. The number of hydrogen-bond acceptors (Lipinski definition) is 3. The topological polar surface area (TPSA) is 41.5 Å². The highest BCUT2D eigenvalue weighted by Gasteiger charge is 2.36. The molecule has 18 heavy (non-hydrogen) atoms. The molecule has 0 radical (unpaired) electrons. The fourth-order valence-corrected chi connectivity index (χ4v) is 2.99. The van der Waals surface area contributed by atoms with Crippen LogP contribution in [0.4, 0.5) is 0 Å². The molecule has 1 aliphatic heterocycles. The number of methoxy groups -OCH3 is 1. The lowest BCUT2D eigenvalue weighted by Gasteiger charge is -2.37. The van der Waals surface area contributed by atoms with Crippen molar-refractivity contribution < 1.29 is 9.84 Å².